The second-order valence-electron chi connectivity index (χ2n) is 4.64. The molecule has 0 bridgehead atoms. The lowest BCUT2D eigenvalue weighted by atomic mass is 9.94. The third-order valence-electron chi connectivity index (χ3n) is 3.17. The maximum absolute atomic E-state index is 5.62. The van der Waals surface area contributed by atoms with Crippen LogP contribution in [0.3, 0.4) is 0 Å². The number of nitrogens with one attached hydrogen (secondary N) is 1. The Balaban J connectivity index is 3.43. The average Bonchev–Trinajstić information content (AvgIpc) is 2.24. The lowest BCUT2D eigenvalue weighted by Crippen LogP contribution is -2.26. The minimum atomic E-state index is 0.670. The summed E-state index contributed by atoms with van der Waals surface area (Å²) in [4.78, 5) is 0. The number of hydrogen-bond donors (Lipinski definition) is 2. The second kappa shape index (κ2) is 10.4. The highest BCUT2D eigenvalue weighted by atomic mass is 14.9. The summed E-state index contributed by atoms with van der Waals surface area (Å²) >= 11 is 0. The maximum Gasteiger partial charge on any atom is 0.00360 e. The smallest absolute Gasteiger partial charge is 0.00360 e. The standard InChI is InChI=1S/C13H30N2/c1-4-7-13(9-10-14)8-6-11-15-12(3)5-2/h12-13,15H,4-11,14H2,1-3H3. The summed E-state index contributed by atoms with van der Waals surface area (Å²) in [5, 5.41) is 3.54. The first-order valence-corrected chi connectivity index (χ1v) is 6.68. The van der Waals surface area contributed by atoms with Crippen LogP contribution in [-0.4, -0.2) is 19.1 Å². The minimum absolute atomic E-state index is 0.670. The van der Waals surface area contributed by atoms with Crippen LogP contribution in [0.4, 0.5) is 0 Å². The molecule has 0 spiro atoms. The Labute approximate surface area is 96.0 Å². The zero-order chi connectivity index (χ0) is 11.5. The molecule has 0 heterocycles. The number of rotatable bonds is 10. The molecule has 0 aliphatic heterocycles. The molecule has 0 fully saturated rings. The van der Waals surface area contributed by atoms with Gasteiger partial charge in [-0.25, -0.2) is 0 Å². The van der Waals surface area contributed by atoms with E-state index in [2.05, 4.69) is 26.1 Å². The zero-order valence-corrected chi connectivity index (χ0v) is 10.9. The van der Waals surface area contributed by atoms with Gasteiger partial charge in [0.1, 0.15) is 0 Å². The van der Waals surface area contributed by atoms with Gasteiger partial charge in [0.2, 0.25) is 0 Å². The van der Waals surface area contributed by atoms with E-state index in [1.165, 1.54) is 45.1 Å². The van der Waals surface area contributed by atoms with Crippen molar-refractivity contribution in [3.05, 3.63) is 0 Å². The first kappa shape index (κ1) is 14.9. The van der Waals surface area contributed by atoms with Gasteiger partial charge in [0.25, 0.3) is 0 Å². The molecule has 0 aliphatic rings. The van der Waals surface area contributed by atoms with Crippen LogP contribution in [0, 0.1) is 5.92 Å². The van der Waals surface area contributed by atoms with E-state index in [4.69, 9.17) is 5.73 Å². The third kappa shape index (κ3) is 8.88. The molecule has 0 rings (SSSR count). The van der Waals surface area contributed by atoms with Crippen molar-refractivity contribution in [2.45, 2.75) is 65.3 Å². The maximum atomic E-state index is 5.62. The van der Waals surface area contributed by atoms with Crippen molar-refractivity contribution >= 4 is 0 Å². The normalized spacial score (nSPS) is 15.2. The van der Waals surface area contributed by atoms with Crippen molar-refractivity contribution in [3.63, 3.8) is 0 Å². The Kier molecular flexibility index (Phi) is 10.4. The fourth-order valence-corrected chi connectivity index (χ4v) is 1.96. The van der Waals surface area contributed by atoms with Gasteiger partial charge in [0.05, 0.1) is 0 Å². The molecule has 2 unspecified atom stereocenters. The molecule has 0 radical (unpaired) electrons. The molecule has 0 amide bonds. The molecule has 0 aliphatic carbocycles. The molecule has 0 aromatic rings. The third-order valence-corrected chi connectivity index (χ3v) is 3.17. The number of hydrogen-bond acceptors (Lipinski definition) is 2. The van der Waals surface area contributed by atoms with Gasteiger partial charge in [0, 0.05) is 6.04 Å². The highest BCUT2D eigenvalue weighted by molar-refractivity contribution is 4.63. The van der Waals surface area contributed by atoms with E-state index in [0.29, 0.717) is 6.04 Å². The van der Waals surface area contributed by atoms with Gasteiger partial charge in [-0.3, -0.25) is 0 Å². The molecule has 0 saturated heterocycles. The summed E-state index contributed by atoms with van der Waals surface area (Å²) < 4.78 is 0. The molecule has 0 aromatic carbocycles. The largest absolute Gasteiger partial charge is 0.330 e. The lowest BCUT2D eigenvalue weighted by molar-refractivity contribution is 0.396. The number of nitrogens with two attached hydrogens (primary N) is 1. The molecule has 2 heteroatoms. The second-order valence-corrected chi connectivity index (χ2v) is 4.64. The average molecular weight is 214 g/mol. The fourth-order valence-electron chi connectivity index (χ4n) is 1.96. The summed E-state index contributed by atoms with van der Waals surface area (Å²) in [6.07, 6.45) is 7.71. The van der Waals surface area contributed by atoms with Gasteiger partial charge < -0.3 is 11.1 Å². The lowest BCUT2D eigenvalue weighted by Gasteiger charge is -2.16. The fraction of sp³-hybridized carbons (Fsp3) is 1.00. The Bertz CT molecular complexity index is 120. The van der Waals surface area contributed by atoms with Crippen molar-refractivity contribution in [2.75, 3.05) is 13.1 Å². The molecular formula is C13H30N2. The molecule has 2 atom stereocenters. The van der Waals surface area contributed by atoms with Crippen LogP contribution < -0.4 is 11.1 Å². The summed E-state index contributed by atoms with van der Waals surface area (Å²) in [5.74, 6) is 0.860. The highest BCUT2D eigenvalue weighted by Crippen LogP contribution is 2.16. The van der Waals surface area contributed by atoms with E-state index in [1.54, 1.807) is 0 Å². The van der Waals surface area contributed by atoms with Crippen LogP contribution >= 0.6 is 0 Å². The van der Waals surface area contributed by atoms with E-state index in [1.807, 2.05) is 0 Å². The van der Waals surface area contributed by atoms with Crippen molar-refractivity contribution < 1.29 is 0 Å². The summed E-state index contributed by atoms with van der Waals surface area (Å²) in [6.45, 7) is 8.76. The Morgan fingerprint density at radius 2 is 1.87 bits per heavy atom. The van der Waals surface area contributed by atoms with Gasteiger partial charge in [0.15, 0.2) is 0 Å². The topological polar surface area (TPSA) is 38.0 Å². The van der Waals surface area contributed by atoms with E-state index < -0.39 is 0 Å². The van der Waals surface area contributed by atoms with Gasteiger partial charge >= 0.3 is 0 Å². The van der Waals surface area contributed by atoms with Crippen LogP contribution in [0.2, 0.25) is 0 Å². The van der Waals surface area contributed by atoms with Crippen LogP contribution in [0.15, 0.2) is 0 Å². The quantitative estimate of drug-likeness (QED) is 0.549. The van der Waals surface area contributed by atoms with Crippen molar-refractivity contribution in [1.82, 2.24) is 5.32 Å². The van der Waals surface area contributed by atoms with Crippen molar-refractivity contribution in [3.8, 4) is 0 Å². The molecule has 15 heavy (non-hydrogen) atoms. The Morgan fingerprint density at radius 3 is 2.40 bits per heavy atom. The molecule has 2 nitrogen and oxygen atoms in total. The molecule has 0 saturated carbocycles. The van der Waals surface area contributed by atoms with Crippen LogP contribution in [0.1, 0.15) is 59.3 Å². The highest BCUT2D eigenvalue weighted by Gasteiger charge is 2.06. The van der Waals surface area contributed by atoms with Gasteiger partial charge in [-0.05, 0) is 51.6 Å². The van der Waals surface area contributed by atoms with Crippen LogP contribution in [-0.2, 0) is 0 Å². The van der Waals surface area contributed by atoms with E-state index in [9.17, 15) is 0 Å². The predicted molar refractivity (Wildman–Crippen MR) is 69.1 cm³/mol. The minimum Gasteiger partial charge on any atom is -0.330 e. The monoisotopic (exact) mass is 214 g/mol. The van der Waals surface area contributed by atoms with E-state index >= 15 is 0 Å². The van der Waals surface area contributed by atoms with Crippen molar-refractivity contribution in [2.24, 2.45) is 11.7 Å². The van der Waals surface area contributed by atoms with Gasteiger partial charge in [-0.15, -0.1) is 0 Å². The van der Waals surface area contributed by atoms with Gasteiger partial charge in [-0.1, -0.05) is 26.7 Å². The molecule has 0 aromatic heterocycles. The predicted octanol–water partition coefficient (Wildman–Crippen LogP) is 2.92. The SMILES string of the molecule is CCCC(CCN)CCCNC(C)CC. The Hall–Kier alpha value is -0.0800. The van der Waals surface area contributed by atoms with Crippen molar-refractivity contribution in [1.29, 1.82) is 0 Å². The summed E-state index contributed by atoms with van der Waals surface area (Å²) in [5.41, 5.74) is 5.62. The zero-order valence-electron chi connectivity index (χ0n) is 10.9. The molecule has 3 N–H and O–H groups in total. The Morgan fingerprint density at radius 1 is 1.13 bits per heavy atom. The molecule has 92 valence electrons. The first-order valence-electron chi connectivity index (χ1n) is 6.68. The van der Waals surface area contributed by atoms with Crippen LogP contribution in [0.5, 0.6) is 0 Å². The van der Waals surface area contributed by atoms with Gasteiger partial charge in [-0.2, -0.15) is 0 Å². The van der Waals surface area contributed by atoms with Crippen LogP contribution in [0.25, 0.3) is 0 Å². The first-order chi connectivity index (χ1) is 7.24. The molecular weight excluding hydrogens is 184 g/mol. The summed E-state index contributed by atoms with van der Waals surface area (Å²) in [6, 6.07) is 0.670. The van der Waals surface area contributed by atoms with E-state index in [-0.39, 0.29) is 0 Å². The summed E-state index contributed by atoms with van der Waals surface area (Å²) in [7, 11) is 0. The van der Waals surface area contributed by atoms with E-state index in [0.717, 1.165) is 12.5 Å².